The number of halogens is 1. The van der Waals surface area contributed by atoms with Gasteiger partial charge in [-0.3, -0.25) is 9.59 Å². The average Bonchev–Trinajstić information content (AvgIpc) is 2.68. The summed E-state index contributed by atoms with van der Waals surface area (Å²) < 4.78 is 0.962. The van der Waals surface area contributed by atoms with Crippen LogP contribution in [0.1, 0.15) is 39.2 Å². The van der Waals surface area contributed by atoms with Crippen molar-refractivity contribution in [2.75, 3.05) is 10.6 Å². The highest BCUT2D eigenvalue weighted by atomic mass is 79.9. The first-order chi connectivity index (χ1) is 14.2. The van der Waals surface area contributed by atoms with E-state index in [-0.39, 0.29) is 11.8 Å². The van der Waals surface area contributed by atoms with Gasteiger partial charge in [0.1, 0.15) is 0 Å². The largest absolute Gasteiger partial charge is 0.326 e. The molecule has 0 atom stereocenters. The normalized spacial score (nSPS) is 10.1. The predicted molar refractivity (Wildman–Crippen MR) is 129 cm³/mol. The Kier molecular flexibility index (Phi) is 8.81. The van der Waals surface area contributed by atoms with E-state index in [0.717, 1.165) is 27.0 Å². The van der Waals surface area contributed by atoms with Crippen LogP contribution in [0.5, 0.6) is 0 Å². The first-order valence-electron chi connectivity index (χ1n) is 9.75. The van der Waals surface area contributed by atoms with Gasteiger partial charge in [0.15, 0.2) is 0 Å². The molecule has 0 unspecified atom stereocenters. The van der Waals surface area contributed by atoms with Crippen molar-refractivity contribution in [1.82, 2.24) is 0 Å². The number of carbonyl (C=O) groups excluding carboxylic acids is 2. The summed E-state index contributed by atoms with van der Waals surface area (Å²) in [4.78, 5) is 21.7. The van der Waals surface area contributed by atoms with Gasteiger partial charge < -0.3 is 10.6 Å². The van der Waals surface area contributed by atoms with Crippen molar-refractivity contribution >= 4 is 39.1 Å². The smallest absolute Gasteiger partial charge is 0.221 e. The zero-order chi connectivity index (χ0) is 22.1. The van der Waals surface area contributed by atoms with Gasteiger partial charge in [-0.2, -0.15) is 0 Å². The minimum Gasteiger partial charge on any atom is -0.326 e. The molecule has 4 nitrogen and oxygen atoms in total. The van der Waals surface area contributed by atoms with Crippen molar-refractivity contribution in [3.63, 3.8) is 0 Å². The predicted octanol–water partition coefficient (Wildman–Crippen LogP) is 6.84. The molecule has 3 aromatic carbocycles. The van der Waals surface area contributed by atoms with Crippen molar-refractivity contribution in [2.45, 2.75) is 33.6 Å². The molecule has 0 saturated carbocycles. The molecule has 2 amide bonds. The molecule has 0 saturated heterocycles. The second-order valence-electron chi connectivity index (χ2n) is 7.23. The SMILES string of the molecule is CC(=O)Nc1cccc(-c2ccc(C(C)C)cc2)c1.CC(=O)Nc1cccc(Br)c1. The van der Waals surface area contributed by atoms with E-state index in [0.29, 0.717) is 5.92 Å². The molecule has 0 heterocycles. The van der Waals surface area contributed by atoms with Crippen molar-refractivity contribution in [2.24, 2.45) is 0 Å². The first kappa shape index (κ1) is 23.4. The maximum atomic E-state index is 11.1. The van der Waals surface area contributed by atoms with Crippen LogP contribution in [0, 0.1) is 0 Å². The molecular weight excluding hydrogens is 440 g/mol. The molecule has 5 heteroatoms. The number of nitrogens with one attached hydrogen (secondary N) is 2. The van der Waals surface area contributed by atoms with E-state index in [1.54, 1.807) is 0 Å². The Hall–Kier alpha value is -2.92. The maximum absolute atomic E-state index is 11.1. The van der Waals surface area contributed by atoms with Gasteiger partial charge in [0.05, 0.1) is 0 Å². The molecular formula is C25H27BrN2O2. The fraction of sp³-hybridized carbons (Fsp3) is 0.200. The monoisotopic (exact) mass is 466 g/mol. The van der Waals surface area contributed by atoms with E-state index >= 15 is 0 Å². The molecule has 0 aromatic heterocycles. The van der Waals surface area contributed by atoms with Crippen LogP contribution >= 0.6 is 15.9 Å². The summed E-state index contributed by atoms with van der Waals surface area (Å²) in [5.74, 6) is 0.440. The average molecular weight is 467 g/mol. The van der Waals surface area contributed by atoms with Crippen LogP contribution in [0.4, 0.5) is 11.4 Å². The van der Waals surface area contributed by atoms with E-state index in [2.05, 4.69) is 70.7 Å². The van der Waals surface area contributed by atoms with Crippen LogP contribution in [-0.4, -0.2) is 11.8 Å². The summed E-state index contributed by atoms with van der Waals surface area (Å²) in [6, 6.07) is 23.9. The highest BCUT2D eigenvalue weighted by Crippen LogP contribution is 2.25. The molecule has 0 spiro atoms. The topological polar surface area (TPSA) is 58.2 Å². The van der Waals surface area contributed by atoms with Crippen molar-refractivity contribution in [3.05, 3.63) is 82.8 Å². The number of hydrogen-bond donors (Lipinski definition) is 2. The lowest BCUT2D eigenvalue weighted by molar-refractivity contribution is -0.115. The highest BCUT2D eigenvalue weighted by molar-refractivity contribution is 9.10. The Balaban J connectivity index is 0.000000248. The molecule has 0 aliphatic rings. The second kappa shape index (κ2) is 11.3. The van der Waals surface area contributed by atoms with Gasteiger partial charge in [-0.05, 0) is 52.9 Å². The Morgan fingerprint density at radius 3 is 1.77 bits per heavy atom. The van der Waals surface area contributed by atoms with Crippen molar-refractivity contribution in [3.8, 4) is 11.1 Å². The van der Waals surface area contributed by atoms with Crippen LogP contribution in [0.3, 0.4) is 0 Å². The molecule has 0 bridgehead atoms. The third kappa shape index (κ3) is 7.84. The Morgan fingerprint density at radius 1 is 0.733 bits per heavy atom. The minimum absolute atomic E-state index is 0.0488. The number of rotatable bonds is 4. The van der Waals surface area contributed by atoms with Gasteiger partial charge in [-0.25, -0.2) is 0 Å². The summed E-state index contributed by atoms with van der Waals surface area (Å²) in [6.07, 6.45) is 0. The van der Waals surface area contributed by atoms with Crippen LogP contribution in [0.25, 0.3) is 11.1 Å². The molecule has 156 valence electrons. The fourth-order valence-electron chi connectivity index (χ4n) is 2.81. The van der Waals surface area contributed by atoms with Gasteiger partial charge in [-0.1, -0.05) is 72.2 Å². The Bertz CT molecular complexity index is 998. The molecule has 2 N–H and O–H groups in total. The van der Waals surface area contributed by atoms with E-state index < -0.39 is 0 Å². The quantitative estimate of drug-likeness (QED) is 0.441. The van der Waals surface area contributed by atoms with E-state index in [9.17, 15) is 9.59 Å². The lowest BCUT2D eigenvalue weighted by Gasteiger charge is -2.08. The van der Waals surface area contributed by atoms with Crippen LogP contribution < -0.4 is 10.6 Å². The van der Waals surface area contributed by atoms with Crippen molar-refractivity contribution in [1.29, 1.82) is 0 Å². The minimum atomic E-state index is -0.0527. The van der Waals surface area contributed by atoms with Gasteiger partial charge in [-0.15, -0.1) is 0 Å². The molecule has 3 aromatic rings. The first-order valence-corrected chi connectivity index (χ1v) is 10.5. The van der Waals surface area contributed by atoms with E-state index in [4.69, 9.17) is 0 Å². The molecule has 0 aliphatic carbocycles. The lowest BCUT2D eigenvalue weighted by atomic mass is 9.98. The Morgan fingerprint density at radius 2 is 1.27 bits per heavy atom. The lowest BCUT2D eigenvalue weighted by Crippen LogP contribution is -2.05. The third-order valence-electron chi connectivity index (χ3n) is 4.24. The van der Waals surface area contributed by atoms with Gasteiger partial charge in [0.2, 0.25) is 11.8 Å². The standard InChI is InChI=1S/C17H19NO.C8H8BrNO/c1-12(2)14-7-9-15(10-8-14)16-5-4-6-17(11-16)18-13(3)19;1-6(11)10-8-4-2-3-7(9)5-8/h4-12H,1-3H3,(H,18,19);2-5H,1H3,(H,10,11). The molecule has 3 rings (SSSR count). The van der Waals surface area contributed by atoms with Crippen LogP contribution in [0.2, 0.25) is 0 Å². The molecule has 30 heavy (non-hydrogen) atoms. The number of anilines is 2. The van der Waals surface area contributed by atoms with Gasteiger partial charge in [0.25, 0.3) is 0 Å². The molecule has 0 aliphatic heterocycles. The zero-order valence-corrected chi connectivity index (χ0v) is 19.3. The van der Waals surface area contributed by atoms with Crippen LogP contribution in [0.15, 0.2) is 77.3 Å². The molecule has 0 fully saturated rings. The maximum Gasteiger partial charge on any atom is 0.221 e. The van der Waals surface area contributed by atoms with Gasteiger partial charge >= 0.3 is 0 Å². The van der Waals surface area contributed by atoms with Gasteiger partial charge in [0, 0.05) is 29.7 Å². The molecule has 0 radical (unpaired) electrons. The van der Waals surface area contributed by atoms with Crippen molar-refractivity contribution < 1.29 is 9.59 Å². The van der Waals surface area contributed by atoms with Crippen LogP contribution in [-0.2, 0) is 9.59 Å². The number of hydrogen-bond acceptors (Lipinski definition) is 2. The number of carbonyl (C=O) groups is 2. The van der Waals surface area contributed by atoms with E-state index in [1.165, 1.54) is 19.4 Å². The fourth-order valence-corrected chi connectivity index (χ4v) is 3.21. The summed E-state index contributed by atoms with van der Waals surface area (Å²) in [7, 11) is 0. The summed E-state index contributed by atoms with van der Waals surface area (Å²) in [6.45, 7) is 7.38. The third-order valence-corrected chi connectivity index (χ3v) is 4.73. The number of amides is 2. The Labute approximate surface area is 186 Å². The summed E-state index contributed by atoms with van der Waals surface area (Å²) in [5.41, 5.74) is 5.25. The van der Waals surface area contributed by atoms with E-state index in [1.807, 2.05) is 42.5 Å². The highest BCUT2D eigenvalue weighted by Gasteiger charge is 2.02. The second-order valence-corrected chi connectivity index (χ2v) is 8.15. The zero-order valence-electron chi connectivity index (χ0n) is 17.7. The summed E-state index contributed by atoms with van der Waals surface area (Å²) >= 11 is 3.30. The number of benzene rings is 3. The summed E-state index contributed by atoms with van der Waals surface area (Å²) in [5, 5.41) is 5.48.